The van der Waals surface area contributed by atoms with Gasteiger partial charge in [-0.3, -0.25) is 0 Å². The van der Waals surface area contributed by atoms with Crippen LogP contribution in [0, 0.1) is 5.82 Å². The smallest absolute Gasteiger partial charge is 0.163 e. The van der Waals surface area contributed by atoms with Crippen molar-refractivity contribution in [2.45, 2.75) is 26.4 Å². The quantitative estimate of drug-likeness (QED) is 0.749. The van der Waals surface area contributed by atoms with Crippen molar-refractivity contribution < 1.29 is 19.2 Å². The minimum absolute atomic E-state index is 0.0964. The zero-order chi connectivity index (χ0) is 18.8. The molecule has 140 valence electrons. The van der Waals surface area contributed by atoms with Gasteiger partial charge in [-0.05, 0) is 56.3 Å². The summed E-state index contributed by atoms with van der Waals surface area (Å²) in [6, 6.07) is 15.2. The largest absolute Gasteiger partial charge is 0.490 e. The molecule has 2 heterocycles. The highest BCUT2D eigenvalue weighted by Gasteiger charge is 2.27. The molecule has 0 aliphatic carbocycles. The van der Waals surface area contributed by atoms with Crippen LogP contribution >= 0.6 is 0 Å². The highest BCUT2D eigenvalue weighted by atomic mass is 19.1. The lowest BCUT2D eigenvalue weighted by molar-refractivity contribution is -0.702. The first-order valence-corrected chi connectivity index (χ1v) is 9.40. The van der Waals surface area contributed by atoms with Crippen LogP contribution in [0.2, 0.25) is 0 Å². The summed E-state index contributed by atoms with van der Waals surface area (Å²) in [5.41, 5.74) is 4.53. The van der Waals surface area contributed by atoms with E-state index in [2.05, 4.69) is 34.3 Å². The molecule has 0 unspecified atom stereocenters. The molecule has 27 heavy (non-hydrogen) atoms. The van der Waals surface area contributed by atoms with E-state index in [4.69, 9.17) is 9.47 Å². The average molecular weight is 367 g/mol. The number of hydrogen-bond acceptors (Lipinski definition) is 2. The van der Waals surface area contributed by atoms with E-state index in [0.29, 0.717) is 13.2 Å². The second-order valence-corrected chi connectivity index (χ2v) is 6.57. The Balaban J connectivity index is 1.81. The van der Waals surface area contributed by atoms with Gasteiger partial charge in [-0.2, -0.15) is 0 Å². The Morgan fingerprint density at radius 1 is 1.04 bits per heavy atom. The van der Waals surface area contributed by atoms with Crippen molar-refractivity contribution in [2.24, 2.45) is 0 Å². The van der Waals surface area contributed by atoms with Crippen molar-refractivity contribution in [3.8, 4) is 17.2 Å². The molecular weight excluding hydrogens is 343 g/mol. The molecule has 1 atom stereocenters. The third-order valence-corrected chi connectivity index (χ3v) is 4.91. The van der Waals surface area contributed by atoms with Gasteiger partial charge in [0, 0.05) is 23.4 Å². The highest BCUT2D eigenvalue weighted by molar-refractivity contribution is 5.56. The minimum Gasteiger partial charge on any atom is -0.490 e. The molecule has 5 heteroatoms. The van der Waals surface area contributed by atoms with Crippen molar-refractivity contribution in [3.63, 3.8) is 0 Å². The normalized spacial score (nSPS) is 15.6. The Labute approximate surface area is 158 Å². The summed E-state index contributed by atoms with van der Waals surface area (Å²) in [6.45, 7) is 5.92. The van der Waals surface area contributed by atoms with E-state index >= 15 is 0 Å². The summed E-state index contributed by atoms with van der Waals surface area (Å²) in [5.74, 6) is 1.33. The molecule has 1 aromatic heterocycles. The summed E-state index contributed by atoms with van der Waals surface area (Å²) in [5, 5.41) is 2.28. The molecule has 4 nitrogen and oxygen atoms in total. The van der Waals surface area contributed by atoms with Crippen molar-refractivity contribution >= 4 is 0 Å². The van der Waals surface area contributed by atoms with Crippen LogP contribution in [0.3, 0.4) is 0 Å². The van der Waals surface area contributed by atoms with Gasteiger partial charge >= 0.3 is 0 Å². The predicted octanol–water partition coefficient (Wildman–Crippen LogP) is 3.58. The zero-order valence-electron chi connectivity index (χ0n) is 15.6. The number of rotatable bonds is 5. The van der Waals surface area contributed by atoms with Crippen molar-refractivity contribution in [2.75, 3.05) is 13.2 Å². The van der Waals surface area contributed by atoms with Crippen LogP contribution in [0.5, 0.6) is 11.5 Å². The van der Waals surface area contributed by atoms with E-state index in [9.17, 15) is 4.39 Å². The van der Waals surface area contributed by atoms with E-state index in [0.717, 1.165) is 35.0 Å². The third-order valence-electron chi connectivity index (χ3n) is 4.91. The summed E-state index contributed by atoms with van der Waals surface area (Å²) >= 11 is 0. The van der Waals surface area contributed by atoms with Gasteiger partial charge in [-0.1, -0.05) is 0 Å². The van der Waals surface area contributed by atoms with Gasteiger partial charge in [-0.25, -0.2) is 4.39 Å². The van der Waals surface area contributed by atoms with Crippen LogP contribution in [0.4, 0.5) is 4.39 Å². The van der Waals surface area contributed by atoms with Gasteiger partial charge in [0.25, 0.3) is 0 Å². The fourth-order valence-corrected chi connectivity index (χ4v) is 3.73. The molecule has 3 aromatic rings. The summed E-state index contributed by atoms with van der Waals surface area (Å²) in [4.78, 5) is 0. The summed E-state index contributed by atoms with van der Waals surface area (Å²) in [6.07, 6.45) is 2.07. The number of hydrogen-bond donors (Lipinski definition) is 1. The zero-order valence-corrected chi connectivity index (χ0v) is 15.6. The van der Waals surface area contributed by atoms with E-state index in [1.54, 1.807) is 0 Å². The van der Waals surface area contributed by atoms with Crippen LogP contribution in [0.25, 0.3) is 5.69 Å². The standard InChI is InChI=1S/C22H23FN2O2/c1-3-26-20-12-16-14-24-22(15-7-9-17(23)10-8-15)18-6-5-11-25(18)19(16)13-21(20)27-4-2/h5-13,22,24H,3-4,14H2,1-2H3/p+1/t22-/m0/s1. The molecule has 0 spiro atoms. The Morgan fingerprint density at radius 2 is 1.74 bits per heavy atom. The van der Waals surface area contributed by atoms with Gasteiger partial charge in [-0.15, -0.1) is 0 Å². The number of benzene rings is 2. The lowest BCUT2D eigenvalue weighted by atomic mass is 10.0. The van der Waals surface area contributed by atoms with Crippen LogP contribution < -0.4 is 14.8 Å². The Kier molecular flexibility index (Phi) is 4.86. The van der Waals surface area contributed by atoms with Gasteiger partial charge in [0.2, 0.25) is 0 Å². The SMILES string of the molecule is CCOc1cc2c(cc1OCC)-n1cccc1[C@H](c1ccc(F)cc1)[NH2+]C2. The van der Waals surface area contributed by atoms with Crippen molar-refractivity contribution in [1.82, 2.24) is 4.57 Å². The summed E-state index contributed by atoms with van der Waals surface area (Å²) < 4.78 is 27.2. The lowest BCUT2D eigenvalue weighted by Crippen LogP contribution is -2.83. The molecule has 1 aliphatic heterocycles. The maximum atomic E-state index is 13.4. The lowest BCUT2D eigenvalue weighted by Gasteiger charge is -2.16. The molecule has 0 amide bonds. The number of aromatic nitrogens is 1. The molecule has 0 saturated carbocycles. The van der Waals surface area contributed by atoms with Crippen molar-refractivity contribution in [1.29, 1.82) is 0 Å². The second kappa shape index (κ2) is 7.45. The highest BCUT2D eigenvalue weighted by Crippen LogP contribution is 2.35. The first-order valence-electron chi connectivity index (χ1n) is 9.40. The van der Waals surface area contributed by atoms with Crippen LogP contribution in [0.15, 0.2) is 54.7 Å². The maximum Gasteiger partial charge on any atom is 0.163 e. The number of fused-ring (bicyclic) bond motifs is 3. The number of ether oxygens (including phenoxy) is 2. The van der Waals surface area contributed by atoms with E-state index in [1.165, 1.54) is 17.7 Å². The van der Waals surface area contributed by atoms with E-state index < -0.39 is 0 Å². The van der Waals surface area contributed by atoms with E-state index in [1.807, 2.05) is 32.0 Å². The molecular formula is C22H24FN2O2+. The fraction of sp³-hybridized carbons (Fsp3) is 0.273. The molecule has 0 saturated heterocycles. The molecule has 0 radical (unpaired) electrons. The van der Waals surface area contributed by atoms with Crippen LogP contribution in [-0.2, 0) is 6.54 Å². The van der Waals surface area contributed by atoms with Crippen molar-refractivity contribution in [3.05, 3.63) is 77.4 Å². The number of nitrogens with two attached hydrogens (primary N) is 1. The Hall–Kier alpha value is -2.79. The Morgan fingerprint density at radius 3 is 2.44 bits per heavy atom. The molecule has 0 bridgehead atoms. The molecule has 2 N–H and O–H groups in total. The predicted molar refractivity (Wildman–Crippen MR) is 102 cm³/mol. The third kappa shape index (κ3) is 3.30. The average Bonchev–Trinajstić information content (AvgIpc) is 3.09. The molecule has 1 aliphatic rings. The van der Waals surface area contributed by atoms with Gasteiger partial charge in [0.05, 0.1) is 24.6 Å². The maximum absolute atomic E-state index is 13.4. The minimum atomic E-state index is -0.214. The molecule has 0 fully saturated rings. The number of nitrogens with zero attached hydrogens (tertiary/aromatic N) is 1. The van der Waals surface area contributed by atoms with Crippen LogP contribution in [-0.4, -0.2) is 17.8 Å². The van der Waals surface area contributed by atoms with E-state index in [-0.39, 0.29) is 11.9 Å². The van der Waals surface area contributed by atoms with Crippen LogP contribution in [0.1, 0.15) is 36.7 Å². The molecule has 2 aromatic carbocycles. The number of quaternary nitrogens is 1. The second-order valence-electron chi connectivity index (χ2n) is 6.57. The fourth-order valence-electron chi connectivity index (χ4n) is 3.73. The molecule has 4 rings (SSSR count). The monoisotopic (exact) mass is 367 g/mol. The Bertz CT molecular complexity index is 934. The van der Waals surface area contributed by atoms with Gasteiger partial charge < -0.3 is 19.4 Å². The van der Waals surface area contributed by atoms with Gasteiger partial charge in [0.1, 0.15) is 12.4 Å². The van der Waals surface area contributed by atoms with Gasteiger partial charge in [0.15, 0.2) is 17.5 Å². The summed E-state index contributed by atoms with van der Waals surface area (Å²) in [7, 11) is 0. The number of halogens is 1. The topological polar surface area (TPSA) is 40.0 Å². The first kappa shape index (κ1) is 17.6. The first-order chi connectivity index (χ1) is 13.2.